The topological polar surface area (TPSA) is 100 Å². The lowest BCUT2D eigenvalue weighted by Gasteiger charge is -2.37. The van der Waals surface area contributed by atoms with Gasteiger partial charge in [-0.25, -0.2) is 9.37 Å². The lowest BCUT2D eigenvalue weighted by molar-refractivity contribution is -0.129. The molecule has 2 fully saturated rings. The number of H-pyrrole nitrogens is 1. The number of pyridine rings is 1. The molecule has 35 heavy (non-hydrogen) atoms. The molecular formula is C25H25ClFN5O3. The minimum atomic E-state index is -0.545. The van der Waals surface area contributed by atoms with Crippen LogP contribution >= 0.6 is 11.6 Å². The van der Waals surface area contributed by atoms with Gasteiger partial charge in [0.2, 0.25) is 11.8 Å². The summed E-state index contributed by atoms with van der Waals surface area (Å²) in [5, 5.41) is 10.5. The van der Waals surface area contributed by atoms with Gasteiger partial charge in [0.25, 0.3) is 5.91 Å². The molecule has 2 N–H and O–H groups in total. The lowest BCUT2D eigenvalue weighted by Crippen LogP contribution is -2.49. The Morgan fingerprint density at radius 3 is 2.71 bits per heavy atom. The third-order valence-electron chi connectivity index (χ3n) is 6.91. The lowest BCUT2D eigenvalue weighted by atomic mass is 9.84. The average molecular weight is 498 g/mol. The van der Waals surface area contributed by atoms with Crippen molar-refractivity contribution in [2.45, 2.75) is 19.4 Å². The third-order valence-corrected chi connectivity index (χ3v) is 7.14. The second-order valence-electron chi connectivity index (χ2n) is 9.05. The van der Waals surface area contributed by atoms with Gasteiger partial charge in [-0.05, 0) is 48.4 Å². The molecule has 1 saturated heterocycles. The number of ether oxygens (including phenoxy) is 1. The quantitative estimate of drug-likeness (QED) is 0.541. The zero-order chi connectivity index (χ0) is 24.5. The maximum atomic E-state index is 14.3. The first-order valence-corrected chi connectivity index (χ1v) is 11.9. The zero-order valence-electron chi connectivity index (χ0n) is 19.1. The summed E-state index contributed by atoms with van der Waals surface area (Å²) in [6.45, 7) is 1.40. The predicted molar refractivity (Wildman–Crippen MR) is 127 cm³/mol. The van der Waals surface area contributed by atoms with E-state index in [9.17, 15) is 14.0 Å². The number of hydrogen-bond acceptors (Lipinski definition) is 5. The Kier molecular flexibility index (Phi) is 6.42. The summed E-state index contributed by atoms with van der Waals surface area (Å²) in [5.41, 5.74) is 1.74. The van der Waals surface area contributed by atoms with E-state index in [0.29, 0.717) is 30.4 Å². The van der Waals surface area contributed by atoms with Crippen LogP contribution in [0.5, 0.6) is 5.88 Å². The molecule has 10 heteroatoms. The number of carbonyl (C=O) groups is 2. The second kappa shape index (κ2) is 9.65. The molecule has 1 aliphatic carbocycles. The number of carbonyl (C=O) groups excluding carboxylic acids is 2. The summed E-state index contributed by atoms with van der Waals surface area (Å²) >= 11 is 6.03. The van der Waals surface area contributed by atoms with Crippen LogP contribution in [0.2, 0.25) is 5.02 Å². The highest BCUT2D eigenvalue weighted by Crippen LogP contribution is 2.42. The SMILES string of the molecule is COc1cc(-c2cc(C(=O)N3CC4CCC(C3)C4C(=O)NCc3cccc(Cl)c3)n[nH]2)c(F)cn1. The first-order chi connectivity index (χ1) is 16.9. The number of nitrogens with one attached hydrogen (secondary N) is 2. The van der Waals surface area contributed by atoms with Crippen molar-refractivity contribution in [3.8, 4) is 17.1 Å². The molecule has 2 bridgehead atoms. The Hall–Kier alpha value is -3.46. The van der Waals surface area contributed by atoms with Crippen molar-refractivity contribution in [1.82, 2.24) is 25.4 Å². The van der Waals surface area contributed by atoms with Crippen molar-refractivity contribution in [3.05, 3.63) is 64.7 Å². The van der Waals surface area contributed by atoms with Gasteiger partial charge in [-0.15, -0.1) is 0 Å². The molecule has 1 saturated carbocycles. The molecule has 2 unspecified atom stereocenters. The zero-order valence-corrected chi connectivity index (χ0v) is 19.9. The number of amides is 2. The normalized spacial score (nSPS) is 21.1. The molecule has 2 aromatic heterocycles. The van der Waals surface area contributed by atoms with E-state index >= 15 is 0 Å². The van der Waals surface area contributed by atoms with Crippen molar-refractivity contribution in [1.29, 1.82) is 0 Å². The number of hydrogen-bond donors (Lipinski definition) is 2. The Balaban J connectivity index is 1.24. The largest absolute Gasteiger partial charge is 0.481 e. The molecule has 2 atom stereocenters. The molecule has 182 valence electrons. The minimum Gasteiger partial charge on any atom is -0.481 e. The predicted octanol–water partition coefficient (Wildman–Crippen LogP) is 3.69. The summed E-state index contributed by atoms with van der Waals surface area (Å²) in [6.07, 6.45) is 2.87. The fourth-order valence-electron chi connectivity index (χ4n) is 5.24. The number of rotatable bonds is 6. The van der Waals surface area contributed by atoms with E-state index in [0.717, 1.165) is 24.6 Å². The Bertz CT molecular complexity index is 1250. The summed E-state index contributed by atoms with van der Waals surface area (Å²) in [6, 6.07) is 10.4. The standard InChI is InChI=1S/C25H25ClFN5O3/c1-35-22-8-18(19(27)11-28-22)20-9-21(31-30-20)25(34)32-12-15-5-6-16(13-32)23(15)24(33)29-10-14-3-2-4-17(26)7-14/h2-4,7-9,11,15-16,23H,5-6,10,12-13H2,1H3,(H,29,33)(H,30,31). The molecule has 0 spiro atoms. The maximum absolute atomic E-state index is 14.3. The van der Waals surface area contributed by atoms with Crippen LogP contribution in [0, 0.1) is 23.6 Å². The highest BCUT2D eigenvalue weighted by atomic mass is 35.5. The number of aromatic nitrogens is 3. The van der Waals surface area contributed by atoms with Crippen LogP contribution in [0.15, 0.2) is 42.6 Å². The van der Waals surface area contributed by atoms with Crippen LogP contribution in [0.1, 0.15) is 28.9 Å². The van der Waals surface area contributed by atoms with Crippen molar-refractivity contribution in [3.63, 3.8) is 0 Å². The van der Waals surface area contributed by atoms with Gasteiger partial charge < -0.3 is 15.0 Å². The van der Waals surface area contributed by atoms with Crippen molar-refractivity contribution in [2.75, 3.05) is 20.2 Å². The van der Waals surface area contributed by atoms with E-state index in [1.807, 2.05) is 18.2 Å². The van der Waals surface area contributed by atoms with Crippen LogP contribution in [-0.4, -0.2) is 52.1 Å². The van der Waals surface area contributed by atoms with E-state index in [2.05, 4.69) is 20.5 Å². The van der Waals surface area contributed by atoms with E-state index in [1.165, 1.54) is 19.2 Å². The van der Waals surface area contributed by atoms with Crippen molar-refractivity contribution in [2.24, 2.45) is 17.8 Å². The van der Waals surface area contributed by atoms with Crippen LogP contribution in [0.4, 0.5) is 4.39 Å². The van der Waals surface area contributed by atoms with Gasteiger partial charge >= 0.3 is 0 Å². The Morgan fingerprint density at radius 1 is 1.23 bits per heavy atom. The Labute approximate surface area is 206 Å². The van der Waals surface area contributed by atoms with Gasteiger partial charge in [-0.3, -0.25) is 14.7 Å². The van der Waals surface area contributed by atoms with E-state index in [4.69, 9.17) is 16.3 Å². The van der Waals surface area contributed by atoms with E-state index in [-0.39, 0.29) is 46.7 Å². The summed E-state index contributed by atoms with van der Waals surface area (Å²) in [7, 11) is 1.45. The second-order valence-corrected chi connectivity index (χ2v) is 9.49. The first kappa shape index (κ1) is 23.3. The monoisotopic (exact) mass is 497 g/mol. The van der Waals surface area contributed by atoms with E-state index < -0.39 is 5.82 Å². The molecule has 0 radical (unpaired) electrons. The van der Waals surface area contributed by atoms with E-state index in [1.54, 1.807) is 11.0 Å². The van der Waals surface area contributed by atoms with Gasteiger partial charge in [-0.2, -0.15) is 5.10 Å². The highest BCUT2D eigenvalue weighted by Gasteiger charge is 2.47. The molecule has 5 rings (SSSR count). The summed E-state index contributed by atoms with van der Waals surface area (Å²) < 4.78 is 19.3. The van der Waals surface area contributed by atoms with Crippen LogP contribution < -0.4 is 10.1 Å². The third kappa shape index (κ3) is 4.73. The maximum Gasteiger partial charge on any atom is 0.274 e. The number of methoxy groups -OCH3 is 1. The fraction of sp³-hybridized carbons (Fsp3) is 0.360. The number of fused-ring (bicyclic) bond motifs is 2. The average Bonchev–Trinajstić information content (AvgIpc) is 3.45. The molecule has 2 aliphatic rings. The van der Waals surface area contributed by atoms with Crippen LogP contribution in [0.25, 0.3) is 11.3 Å². The van der Waals surface area contributed by atoms with Gasteiger partial charge in [0.05, 0.1) is 19.0 Å². The summed E-state index contributed by atoms with van der Waals surface area (Å²) in [5.74, 6) is -0.425. The smallest absolute Gasteiger partial charge is 0.274 e. The van der Waals surface area contributed by atoms with Crippen molar-refractivity contribution >= 4 is 23.4 Å². The number of piperidine rings is 1. The van der Waals surface area contributed by atoms with Gasteiger partial charge in [0.15, 0.2) is 11.5 Å². The molecule has 3 aromatic rings. The van der Waals surface area contributed by atoms with Crippen LogP contribution in [-0.2, 0) is 11.3 Å². The highest BCUT2D eigenvalue weighted by molar-refractivity contribution is 6.30. The van der Waals surface area contributed by atoms with Gasteiger partial charge in [-0.1, -0.05) is 23.7 Å². The minimum absolute atomic E-state index is 0.0220. The molecule has 1 aromatic carbocycles. The number of nitrogens with zero attached hydrogens (tertiary/aromatic N) is 3. The molecule has 8 nitrogen and oxygen atoms in total. The molecule has 3 heterocycles. The van der Waals surface area contributed by atoms with Gasteiger partial charge in [0, 0.05) is 42.2 Å². The number of halogens is 2. The number of aromatic amines is 1. The van der Waals surface area contributed by atoms with Gasteiger partial charge in [0.1, 0.15) is 0 Å². The summed E-state index contributed by atoms with van der Waals surface area (Å²) in [4.78, 5) is 31.8. The Morgan fingerprint density at radius 2 is 2.00 bits per heavy atom. The molecular weight excluding hydrogens is 473 g/mol. The van der Waals surface area contributed by atoms with Crippen LogP contribution in [0.3, 0.4) is 0 Å². The molecule has 1 aliphatic heterocycles. The number of benzene rings is 1. The first-order valence-electron chi connectivity index (χ1n) is 11.5. The fourth-order valence-corrected chi connectivity index (χ4v) is 5.45. The van der Waals surface area contributed by atoms with Crippen molar-refractivity contribution < 1.29 is 18.7 Å². The molecule has 2 amide bonds. The number of likely N-dealkylation sites (tertiary alicyclic amines) is 1.